The molecule has 1 aromatic heterocycles. The number of sulfonamides is 1. The zero-order valence-corrected chi connectivity index (χ0v) is 19.4. The molecule has 34 heavy (non-hydrogen) atoms. The van der Waals surface area contributed by atoms with Crippen molar-refractivity contribution >= 4 is 33.0 Å². The maximum atomic E-state index is 14.8. The van der Waals surface area contributed by atoms with E-state index in [0.29, 0.717) is 39.4 Å². The Labute approximate surface area is 198 Å². The van der Waals surface area contributed by atoms with Crippen LogP contribution < -0.4 is 10.0 Å². The molecule has 172 valence electrons. The Kier molecular flexibility index (Phi) is 5.41. The Balaban J connectivity index is 1.70. The van der Waals surface area contributed by atoms with Gasteiger partial charge in [0.2, 0.25) is 0 Å². The van der Waals surface area contributed by atoms with E-state index < -0.39 is 21.7 Å². The molecule has 1 amide bonds. The van der Waals surface area contributed by atoms with Gasteiger partial charge in [-0.3, -0.25) is 9.52 Å². The summed E-state index contributed by atoms with van der Waals surface area (Å²) in [5.74, 6) is -1.81. The molecule has 6 nitrogen and oxygen atoms in total. The first-order valence-corrected chi connectivity index (χ1v) is 12.5. The summed E-state index contributed by atoms with van der Waals surface area (Å²) in [7, 11) is -3.92. The number of benzene rings is 3. The number of para-hydroxylation sites is 1. The topological polar surface area (TPSA) is 88.2 Å². The van der Waals surface area contributed by atoms with Gasteiger partial charge >= 0.3 is 0 Å². The molecule has 0 spiro atoms. The Bertz CT molecular complexity index is 1570. The molecule has 0 saturated carbocycles. The van der Waals surface area contributed by atoms with E-state index >= 15 is 0 Å². The van der Waals surface area contributed by atoms with Crippen molar-refractivity contribution in [2.45, 2.75) is 17.7 Å². The number of hydrogen-bond acceptors (Lipinski definition) is 5. The number of nitrogens with zero attached hydrogens (tertiary/aromatic N) is 1. The predicted octanol–water partition coefficient (Wildman–Crippen LogP) is 5.11. The second-order valence-corrected chi connectivity index (χ2v) is 10.9. The first-order chi connectivity index (χ1) is 16.2. The molecule has 2 heterocycles. The smallest absolute Gasteiger partial charge is 0.273 e. The zero-order chi connectivity index (χ0) is 24.0. The van der Waals surface area contributed by atoms with Crippen molar-refractivity contribution < 1.29 is 22.0 Å². The van der Waals surface area contributed by atoms with Crippen LogP contribution >= 0.6 is 11.3 Å². The quantitative estimate of drug-likeness (QED) is 0.401. The lowest BCUT2D eigenvalue weighted by Crippen LogP contribution is -2.12. The first kappa shape index (κ1) is 22.2. The molecule has 2 N–H and O–H groups in total. The van der Waals surface area contributed by atoms with Gasteiger partial charge in [-0.1, -0.05) is 18.2 Å². The average Bonchev–Trinajstić information content (AvgIpc) is 3.39. The summed E-state index contributed by atoms with van der Waals surface area (Å²) >= 11 is 1.04. The Hall–Kier alpha value is -3.63. The van der Waals surface area contributed by atoms with E-state index in [1.54, 1.807) is 43.3 Å². The van der Waals surface area contributed by atoms with E-state index in [-0.39, 0.29) is 21.4 Å². The third-order valence-electron chi connectivity index (χ3n) is 5.48. The molecule has 0 fully saturated rings. The molecule has 0 saturated heterocycles. The fourth-order valence-electron chi connectivity index (χ4n) is 3.89. The van der Waals surface area contributed by atoms with Crippen molar-refractivity contribution in [3.8, 4) is 22.3 Å². The molecule has 0 atom stereocenters. The van der Waals surface area contributed by atoms with E-state index in [4.69, 9.17) is 0 Å². The predicted molar refractivity (Wildman–Crippen MR) is 126 cm³/mol. The lowest BCUT2D eigenvalue weighted by Gasteiger charge is -2.17. The summed E-state index contributed by atoms with van der Waals surface area (Å²) in [6.07, 6.45) is 1.29. The van der Waals surface area contributed by atoms with Gasteiger partial charge in [-0.2, -0.15) is 0 Å². The van der Waals surface area contributed by atoms with Crippen LogP contribution in [0.5, 0.6) is 0 Å². The molecule has 3 aromatic carbocycles. The maximum absolute atomic E-state index is 14.8. The summed E-state index contributed by atoms with van der Waals surface area (Å²) in [5, 5.41) is 3.34. The number of carbonyl (C=O) groups is 1. The number of nitrogens with one attached hydrogen (secondary N) is 2. The molecular formula is C24H17F2N3O3S2. The van der Waals surface area contributed by atoms with E-state index in [0.717, 1.165) is 23.5 Å². The van der Waals surface area contributed by atoms with Crippen molar-refractivity contribution in [2.75, 3.05) is 4.72 Å². The van der Waals surface area contributed by atoms with Crippen LogP contribution in [0.15, 0.2) is 65.0 Å². The minimum Gasteiger partial charge on any atom is -0.348 e. The van der Waals surface area contributed by atoms with E-state index in [1.807, 2.05) is 0 Å². The van der Waals surface area contributed by atoms with Crippen LogP contribution in [0, 0.1) is 18.6 Å². The summed E-state index contributed by atoms with van der Waals surface area (Å²) in [6.45, 7) is 2.00. The standard InChI is InChI=1S/C24H17F2N3O3S2/c1-13-27-12-23(33-13)34(31,32)29-22-5-3-2-4-17(22)19-8-14-11-28-24(30)18(14)10-20(19)16-7-6-15(25)9-21(16)26/h2-10,12,29H,11H2,1H3,(H,28,30). The number of hydrogen-bond donors (Lipinski definition) is 2. The molecule has 0 radical (unpaired) electrons. The molecule has 10 heteroatoms. The number of halogens is 2. The van der Waals surface area contributed by atoms with Crippen molar-refractivity contribution in [1.82, 2.24) is 10.3 Å². The molecule has 0 aliphatic carbocycles. The minimum absolute atomic E-state index is 0.0633. The largest absolute Gasteiger partial charge is 0.348 e. The van der Waals surface area contributed by atoms with E-state index in [2.05, 4.69) is 15.0 Å². The van der Waals surface area contributed by atoms with E-state index in [1.165, 1.54) is 12.3 Å². The summed E-state index contributed by atoms with van der Waals surface area (Å²) in [5.41, 5.74) is 2.77. The van der Waals surface area contributed by atoms with Gasteiger partial charge in [0.1, 0.15) is 11.6 Å². The van der Waals surface area contributed by atoms with Gasteiger partial charge in [0.15, 0.2) is 4.21 Å². The lowest BCUT2D eigenvalue weighted by molar-refractivity contribution is 0.0965. The van der Waals surface area contributed by atoms with Crippen LogP contribution in [0.2, 0.25) is 0 Å². The summed E-state index contributed by atoms with van der Waals surface area (Å²) in [4.78, 5) is 16.3. The normalized spacial score (nSPS) is 13.0. The van der Waals surface area contributed by atoms with Gasteiger partial charge in [0.25, 0.3) is 15.9 Å². The van der Waals surface area contributed by atoms with Gasteiger partial charge in [0, 0.05) is 29.3 Å². The van der Waals surface area contributed by atoms with Gasteiger partial charge in [-0.05, 0) is 53.9 Å². The van der Waals surface area contributed by atoms with Crippen molar-refractivity contribution in [3.63, 3.8) is 0 Å². The first-order valence-electron chi connectivity index (χ1n) is 10.2. The highest BCUT2D eigenvalue weighted by molar-refractivity contribution is 7.94. The van der Waals surface area contributed by atoms with Crippen LogP contribution in [0.25, 0.3) is 22.3 Å². The molecule has 1 aliphatic rings. The van der Waals surface area contributed by atoms with Crippen LogP contribution in [0.4, 0.5) is 14.5 Å². The summed E-state index contributed by atoms with van der Waals surface area (Å²) < 4.78 is 57.0. The Morgan fingerprint density at radius 3 is 2.47 bits per heavy atom. The van der Waals surface area contributed by atoms with Crippen LogP contribution in [0.1, 0.15) is 20.9 Å². The molecule has 0 unspecified atom stereocenters. The maximum Gasteiger partial charge on any atom is 0.273 e. The number of anilines is 1. The number of aromatic nitrogens is 1. The zero-order valence-electron chi connectivity index (χ0n) is 17.7. The number of fused-ring (bicyclic) bond motifs is 1. The monoisotopic (exact) mass is 497 g/mol. The minimum atomic E-state index is -3.92. The van der Waals surface area contributed by atoms with Crippen molar-refractivity contribution in [3.05, 3.63) is 88.6 Å². The number of carbonyl (C=O) groups excluding carboxylic acids is 1. The second-order valence-electron chi connectivity index (χ2n) is 7.71. The highest BCUT2D eigenvalue weighted by Gasteiger charge is 2.25. The lowest BCUT2D eigenvalue weighted by atomic mass is 9.90. The molecule has 0 bridgehead atoms. The molecule has 1 aliphatic heterocycles. The molecular weight excluding hydrogens is 480 g/mol. The van der Waals surface area contributed by atoms with Crippen LogP contribution in [-0.4, -0.2) is 19.3 Å². The van der Waals surface area contributed by atoms with Gasteiger partial charge in [-0.15, -0.1) is 11.3 Å². The molecule has 4 aromatic rings. The van der Waals surface area contributed by atoms with Crippen LogP contribution in [-0.2, 0) is 16.6 Å². The number of aryl methyl sites for hydroxylation is 1. The second kappa shape index (κ2) is 8.30. The third kappa shape index (κ3) is 3.95. The van der Waals surface area contributed by atoms with Crippen LogP contribution in [0.3, 0.4) is 0 Å². The highest BCUT2D eigenvalue weighted by Crippen LogP contribution is 2.40. The van der Waals surface area contributed by atoms with Gasteiger partial charge in [-0.25, -0.2) is 22.2 Å². The Morgan fingerprint density at radius 2 is 1.74 bits per heavy atom. The highest BCUT2D eigenvalue weighted by atomic mass is 32.2. The fraction of sp³-hybridized carbons (Fsp3) is 0.0833. The van der Waals surface area contributed by atoms with E-state index in [9.17, 15) is 22.0 Å². The van der Waals surface area contributed by atoms with Gasteiger partial charge in [0.05, 0.1) is 16.9 Å². The molecule has 5 rings (SSSR count). The summed E-state index contributed by atoms with van der Waals surface area (Å²) in [6, 6.07) is 13.2. The Morgan fingerprint density at radius 1 is 0.971 bits per heavy atom. The average molecular weight is 498 g/mol. The number of amides is 1. The fourth-order valence-corrected chi connectivity index (χ4v) is 6.08. The van der Waals surface area contributed by atoms with Gasteiger partial charge < -0.3 is 5.32 Å². The number of rotatable bonds is 5. The number of thiazole rings is 1. The van der Waals surface area contributed by atoms with Crippen molar-refractivity contribution in [2.24, 2.45) is 0 Å². The SMILES string of the molecule is Cc1ncc(S(=O)(=O)Nc2ccccc2-c2cc3c(cc2-c2ccc(F)cc2F)C(=O)NC3)s1. The third-order valence-corrected chi connectivity index (χ3v) is 8.21. The van der Waals surface area contributed by atoms with Crippen molar-refractivity contribution in [1.29, 1.82) is 0 Å².